The predicted octanol–water partition coefficient (Wildman–Crippen LogP) is 1.10. The molecule has 0 aliphatic carbocycles. The second-order valence-corrected chi connectivity index (χ2v) is 8.72. The zero-order valence-corrected chi connectivity index (χ0v) is 16.7. The maximum absolute atomic E-state index is 13.1. The van der Waals surface area contributed by atoms with Crippen molar-refractivity contribution in [3.63, 3.8) is 0 Å². The Morgan fingerprint density at radius 1 is 1.14 bits per heavy atom. The van der Waals surface area contributed by atoms with Gasteiger partial charge in [-0.3, -0.25) is 9.69 Å². The molecular weight excluding hydrogens is 382 g/mol. The molecule has 0 radical (unpaired) electrons. The average molecular weight is 407 g/mol. The van der Waals surface area contributed by atoms with E-state index >= 15 is 0 Å². The monoisotopic (exact) mass is 407 g/mol. The average Bonchev–Trinajstić information content (AvgIpc) is 3.03. The molecule has 0 unspecified atom stereocenters. The van der Waals surface area contributed by atoms with Crippen molar-refractivity contribution < 1.29 is 22.7 Å². The number of piperazine rings is 1. The van der Waals surface area contributed by atoms with Gasteiger partial charge in [0.25, 0.3) is 0 Å². The van der Waals surface area contributed by atoms with Gasteiger partial charge in [0.05, 0.1) is 24.9 Å². The van der Waals surface area contributed by atoms with Gasteiger partial charge >= 0.3 is 6.09 Å². The summed E-state index contributed by atoms with van der Waals surface area (Å²) in [4.78, 5) is 30.0. The van der Waals surface area contributed by atoms with Gasteiger partial charge in [-0.25, -0.2) is 13.2 Å². The zero-order chi connectivity index (χ0) is 20.1. The molecule has 2 heterocycles. The van der Waals surface area contributed by atoms with Crippen molar-refractivity contribution in [1.29, 1.82) is 0 Å². The van der Waals surface area contributed by atoms with Crippen LogP contribution in [0.15, 0.2) is 41.8 Å². The van der Waals surface area contributed by atoms with E-state index in [0.29, 0.717) is 38.5 Å². The number of benzene rings is 1. The number of carbonyl (C=O) groups excluding carboxylic acids is 2. The number of ether oxygens (including phenoxy) is 1. The van der Waals surface area contributed by atoms with Crippen molar-refractivity contribution in [1.82, 2.24) is 9.80 Å². The normalized spacial score (nSPS) is 21.5. The number of sulfone groups is 1. The summed E-state index contributed by atoms with van der Waals surface area (Å²) in [6.07, 6.45) is 1.24. The second-order valence-electron chi connectivity index (χ2n) is 6.79. The Morgan fingerprint density at radius 3 is 2.39 bits per heavy atom. The number of hydrogen-bond acceptors (Lipinski definition) is 6. The molecule has 2 aliphatic heterocycles. The fourth-order valence-electron chi connectivity index (χ4n) is 3.40. The van der Waals surface area contributed by atoms with E-state index in [1.807, 2.05) is 23.1 Å². The van der Waals surface area contributed by atoms with Gasteiger partial charge in [-0.15, -0.1) is 0 Å². The predicted molar refractivity (Wildman–Crippen MR) is 106 cm³/mol. The first kappa shape index (κ1) is 20.3. The molecule has 0 N–H and O–H groups in total. The van der Waals surface area contributed by atoms with E-state index < -0.39 is 15.9 Å². The highest BCUT2D eigenvalue weighted by Gasteiger charge is 2.32. The van der Waals surface area contributed by atoms with Crippen molar-refractivity contribution >= 4 is 27.5 Å². The third-order valence-corrected chi connectivity index (χ3v) is 6.18. The Morgan fingerprint density at radius 2 is 1.82 bits per heavy atom. The Kier molecular flexibility index (Phi) is 6.35. The summed E-state index contributed by atoms with van der Waals surface area (Å²) in [6.45, 7) is 4.38. The molecule has 8 nitrogen and oxygen atoms in total. The summed E-state index contributed by atoms with van der Waals surface area (Å²) in [5, 5.41) is 1.18. The standard InChI is InChI=1S/C19H25N3O5S/c1-2-27-19(24)21-11-9-20(10-12-21)14-18(23)22(16-6-4-3-5-7-16)17-8-13-28(25,26)15-17/h3-8,13,17H,2,9-12,14-15H2,1H3/t17-/m1/s1. The smallest absolute Gasteiger partial charge is 0.409 e. The van der Waals surface area contributed by atoms with Crippen LogP contribution in [0.1, 0.15) is 6.92 Å². The lowest BCUT2D eigenvalue weighted by molar-refractivity contribution is -0.120. The van der Waals surface area contributed by atoms with Crippen molar-refractivity contribution in [2.45, 2.75) is 13.0 Å². The second kappa shape index (κ2) is 8.74. The topological polar surface area (TPSA) is 87.2 Å². The Labute approximate surface area is 165 Å². The Bertz CT molecular complexity index is 832. The van der Waals surface area contributed by atoms with Crippen molar-refractivity contribution in [3.8, 4) is 0 Å². The van der Waals surface area contributed by atoms with E-state index in [1.54, 1.807) is 34.9 Å². The fraction of sp³-hybridized carbons (Fsp3) is 0.474. The quantitative estimate of drug-likeness (QED) is 0.727. The third-order valence-electron chi connectivity index (χ3n) is 4.80. The van der Waals surface area contributed by atoms with Gasteiger partial charge in [-0.2, -0.15) is 0 Å². The lowest BCUT2D eigenvalue weighted by Gasteiger charge is -2.35. The Hall–Kier alpha value is -2.39. The number of para-hydroxylation sites is 1. The van der Waals surface area contributed by atoms with E-state index in [9.17, 15) is 18.0 Å². The lowest BCUT2D eigenvalue weighted by atomic mass is 10.2. The van der Waals surface area contributed by atoms with Gasteiger partial charge in [0.2, 0.25) is 5.91 Å². The van der Waals surface area contributed by atoms with Crippen LogP contribution in [0.4, 0.5) is 10.5 Å². The molecule has 0 bridgehead atoms. The van der Waals surface area contributed by atoms with Crippen molar-refractivity contribution in [2.75, 3.05) is 50.0 Å². The van der Waals surface area contributed by atoms with Crippen molar-refractivity contribution in [3.05, 3.63) is 41.8 Å². The molecule has 0 saturated carbocycles. The molecule has 3 rings (SSSR count). The number of amides is 2. The van der Waals surface area contributed by atoms with Gasteiger partial charge in [0, 0.05) is 37.3 Å². The molecular formula is C19H25N3O5S. The maximum Gasteiger partial charge on any atom is 0.409 e. The van der Waals surface area contributed by atoms with Crippen LogP contribution >= 0.6 is 0 Å². The summed E-state index contributed by atoms with van der Waals surface area (Å²) in [7, 11) is -3.28. The van der Waals surface area contributed by atoms with E-state index in [1.165, 1.54) is 5.41 Å². The summed E-state index contributed by atoms with van der Waals surface area (Å²) in [5.41, 5.74) is 0.671. The first-order valence-corrected chi connectivity index (χ1v) is 11.0. The van der Waals surface area contributed by atoms with Crippen LogP contribution in [0, 0.1) is 0 Å². The molecule has 1 atom stereocenters. The van der Waals surface area contributed by atoms with Gasteiger partial charge in [0.1, 0.15) is 0 Å². The molecule has 0 aromatic heterocycles. The molecule has 9 heteroatoms. The molecule has 1 saturated heterocycles. The SMILES string of the molecule is CCOC(=O)N1CCN(CC(=O)N(c2ccccc2)[C@@H]2C=CS(=O)(=O)C2)CC1. The first-order chi connectivity index (χ1) is 13.4. The van der Waals surface area contributed by atoms with Crippen LogP contribution in [0.25, 0.3) is 0 Å². The molecule has 1 aromatic rings. The van der Waals surface area contributed by atoms with E-state index in [0.717, 1.165) is 0 Å². The minimum Gasteiger partial charge on any atom is -0.450 e. The number of nitrogens with zero attached hydrogens (tertiary/aromatic N) is 3. The highest BCUT2D eigenvalue weighted by Crippen LogP contribution is 2.23. The number of anilines is 1. The highest BCUT2D eigenvalue weighted by molar-refractivity contribution is 7.94. The number of rotatable bonds is 5. The van der Waals surface area contributed by atoms with Gasteiger partial charge in [-0.1, -0.05) is 18.2 Å². The van der Waals surface area contributed by atoms with Gasteiger partial charge in [-0.05, 0) is 25.1 Å². The fourth-order valence-corrected chi connectivity index (χ4v) is 4.67. The van der Waals surface area contributed by atoms with Crippen molar-refractivity contribution in [2.24, 2.45) is 0 Å². The largest absolute Gasteiger partial charge is 0.450 e. The number of carbonyl (C=O) groups is 2. The summed E-state index contributed by atoms with van der Waals surface area (Å²) in [6, 6.07) is 8.58. The summed E-state index contributed by atoms with van der Waals surface area (Å²) < 4.78 is 28.7. The van der Waals surface area contributed by atoms with Crippen LogP contribution in [-0.2, 0) is 19.4 Å². The first-order valence-electron chi connectivity index (χ1n) is 9.32. The molecule has 1 aromatic carbocycles. The van der Waals surface area contributed by atoms with Crippen LogP contribution in [-0.4, -0.2) is 81.3 Å². The zero-order valence-electron chi connectivity index (χ0n) is 15.9. The van der Waals surface area contributed by atoms with E-state index in [4.69, 9.17) is 4.74 Å². The highest BCUT2D eigenvalue weighted by atomic mass is 32.2. The summed E-state index contributed by atoms with van der Waals surface area (Å²) in [5.74, 6) is -0.271. The molecule has 2 amide bonds. The van der Waals surface area contributed by atoms with E-state index in [2.05, 4.69) is 0 Å². The van der Waals surface area contributed by atoms with Crippen LogP contribution in [0.3, 0.4) is 0 Å². The van der Waals surface area contributed by atoms with Gasteiger partial charge in [0.15, 0.2) is 9.84 Å². The molecule has 28 heavy (non-hydrogen) atoms. The Balaban J connectivity index is 1.66. The minimum absolute atomic E-state index is 0.107. The van der Waals surface area contributed by atoms with Gasteiger partial charge < -0.3 is 14.5 Å². The number of hydrogen-bond donors (Lipinski definition) is 0. The van der Waals surface area contributed by atoms with Crippen LogP contribution in [0.5, 0.6) is 0 Å². The third kappa shape index (κ3) is 4.90. The van der Waals surface area contributed by atoms with Crippen LogP contribution in [0.2, 0.25) is 0 Å². The molecule has 1 fully saturated rings. The lowest BCUT2D eigenvalue weighted by Crippen LogP contribution is -2.53. The molecule has 152 valence electrons. The molecule has 0 spiro atoms. The van der Waals surface area contributed by atoms with E-state index in [-0.39, 0.29) is 24.3 Å². The van der Waals surface area contributed by atoms with Crippen LogP contribution < -0.4 is 4.90 Å². The molecule has 2 aliphatic rings. The summed E-state index contributed by atoms with van der Waals surface area (Å²) >= 11 is 0. The minimum atomic E-state index is -3.28. The maximum atomic E-state index is 13.1.